The second kappa shape index (κ2) is 7.12. The summed E-state index contributed by atoms with van der Waals surface area (Å²) in [4.78, 5) is 11.8. The molecule has 1 amide bonds. The Morgan fingerprint density at radius 2 is 2.00 bits per heavy atom. The first-order chi connectivity index (χ1) is 7.17. The van der Waals surface area contributed by atoms with Crippen LogP contribution in [-0.2, 0) is 0 Å². The van der Waals surface area contributed by atoms with Gasteiger partial charge in [0.05, 0.1) is 0 Å². The number of hydrogen-bond donors (Lipinski definition) is 2. The Hall–Kier alpha value is -1.22. The van der Waals surface area contributed by atoms with Crippen LogP contribution in [-0.4, -0.2) is 11.9 Å². The molecular weight excluding hydrogens is 224 g/mol. The van der Waals surface area contributed by atoms with Crippen LogP contribution in [0.4, 0.5) is 5.69 Å². The number of nitrogen functional groups attached to an aromatic ring is 1. The zero-order valence-corrected chi connectivity index (χ0v) is 10.5. The molecule has 4 heteroatoms. The van der Waals surface area contributed by atoms with Crippen LogP contribution in [0.1, 0.15) is 37.0 Å². The van der Waals surface area contributed by atoms with E-state index >= 15 is 0 Å². The van der Waals surface area contributed by atoms with E-state index in [1.807, 2.05) is 0 Å². The van der Waals surface area contributed by atoms with Gasteiger partial charge in [-0.05, 0) is 31.0 Å². The van der Waals surface area contributed by atoms with E-state index in [-0.39, 0.29) is 24.4 Å². The monoisotopic (exact) mass is 242 g/mol. The maximum absolute atomic E-state index is 11.8. The van der Waals surface area contributed by atoms with Crippen LogP contribution >= 0.6 is 12.4 Å². The van der Waals surface area contributed by atoms with E-state index in [0.717, 1.165) is 12.8 Å². The number of rotatable bonds is 4. The lowest BCUT2D eigenvalue weighted by atomic mass is 10.1. The molecule has 1 rings (SSSR count). The van der Waals surface area contributed by atoms with Gasteiger partial charge in [-0.2, -0.15) is 0 Å². The first-order valence-corrected chi connectivity index (χ1v) is 5.33. The van der Waals surface area contributed by atoms with Gasteiger partial charge in [-0.3, -0.25) is 4.79 Å². The molecule has 16 heavy (non-hydrogen) atoms. The van der Waals surface area contributed by atoms with E-state index in [1.165, 1.54) is 0 Å². The summed E-state index contributed by atoms with van der Waals surface area (Å²) in [5, 5.41) is 2.97. The fraction of sp³-hybridized carbons (Fsp3) is 0.417. The molecule has 0 saturated carbocycles. The highest BCUT2D eigenvalue weighted by atomic mass is 35.5. The lowest BCUT2D eigenvalue weighted by molar-refractivity contribution is 0.0935. The molecule has 0 aliphatic carbocycles. The number of anilines is 1. The number of nitrogens with two attached hydrogens (primary N) is 1. The first kappa shape index (κ1) is 14.8. The van der Waals surface area contributed by atoms with E-state index in [0.29, 0.717) is 11.3 Å². The molecule has 0 radical (unpaired) electrons. The van der Waals surface area contributed by atoms with E-state index in [4.69, 9.17) is 5.73 Å². The zero-order valence-electron chi connectivity index (χ0n) is 9.69. The molecule has 90 valence electrons. The molecule has 0 atom stereocenters. The number of carbonyl (C=O) groups excluding carboxylic acids is 1. The van der Waals surface area contributed by atoms with Gasteiger partial charge in [-0.15, -0.1) is 12.4 Å². The fourth-order valence-corrected chi connectivity index (χ4v) is 1.44. The summed E-state index contributed by atoms with van der Waals surface area (Å²) in [6, 6.07) is 7.27. The largest absolute Gasteiger partial charge is 0.399 e. The summed E-state index contributed by atoms with van der Waals surface area (Å²) in [5.41, 5.74) is 6.86. The minimum Gasteiger partial charge on any atom is -0.399 e. The average molecular weight is 243 g/mol. The molecule has 0 spiro atoms. The maximum atomic E-state index is 11.8. The Kier molecular flexibility index (Phi) is 6.58. The van der Waals surface area contributed by atoms with Crippen LogP contribution in [0.25, 0.3) is 0 Å². The number of halogens is 1. The Bertz CT molecular complexity index is 338. The van der Waals surface area contributed by atoms with Gasteiger partial charge < -0.3 is 11.1 Å². The van der Waals surface area contributed by atoms with Gasteiger partial charge in [0.25, 0.3) is 5.91 Å². The minimum absolute atomic E-state index is 0. The number of hydrogen-bond acceptors (Lipinski definition) is 2. The van der Waals surface area contributed by atoms with Crippen molar-refractivity contribution in [1.82, 2.24) is 5.32 Å². The van der Waals surface area contributed by atoms with Gasteiger partial charge in [-0.25, -0.2) is 0 Å². The summed E-state index contributed by atoms with van der Waals surface area (Å²) in [6.07, 6.45) is 1.90. The second-order valence-electron chi connectivity index (χ2n) is 3.61. The molecule has 0 heterocycles. The van der Waals surface area contributed by atoms with Crippen molar-refractivity contribution in [2.24, 2.45) is 0 Å². The van der Waals surface area contributed by atoms with Crippen molar-refractivity contribution >= 4 is 24.0 Å². The lowest BCUT2D eigenvalue weighted by Crippen LogP contribution is -2.33. The van der Waals surface area contributed by atoms with E-state index in [1.54, 1.807) is 24.3 Å². The summed E-state index contributed by atoms with van der Waals surface area (Å²) < 4.78 is 0. The lowest BCUT2D eigenvalue weighted by Gasteiger charge is -2.14. The van der Waals surface area contributed by atoms with E-state index in [2.05, 4.69) is 19.2 Å². The van der Waals surface area contributed by atoms with Crippen LogP contribution in [0, 0.1) is 0 Å². The number of nitrogens with one attached hydrogen (secondary N) is 1. The highest BCUT2D eigenvalue weighted by Crippen LogP contribution is 2.07. The molecule has 0 unspecified atom stereocenters. The van der Waals surface area contributed by atoms with Crippen molar-refractivity contribution in [1.29, 1.82) is 0 Å². The predicted molar refractivity (Wildman–Crippen MR) is 69.9 cm³/mol. The van der Waals surface area contributed by atoms with E-state index < -0.39 is 0 Å². The van der Waals surface area contributed by atoms with Crippen molar-refractivity contribution in [3.8, 4) is 0 Å². The van der Waals surface area contributed by atoms with Gasteiger partial charge in [0.1, 0.15) is 0 Å². The third-order valence-electron chi connectivity index (χ3n) is 2.47. The number of amides is 1. The van der Waals surface area contributed by atoms with Gasteiger partial charge in [0.2, 0.25) is 0 Å². The Labute approximate surface area is 103 Å². The molecule has 0 saturated heterocycles. The molecule has 0 aliphatic rings. The molecule has 0 bridgehead atoms. The van der Waals surface area contributed by atoms with E-state index in [9.17, 15) is 4.79 Å². The topological polar surface area (TPSA) is 55.1 Å². The summed E-state index contributed by atoms with van der Waals surface area (Å²) in [5.74, 6) is -0.0454. The molecule has 3 N–H and O–H groups in total. The Morgan fingerprint density at radius 3 is 2.50 bits per heavy atom. The number of benzene rings is 1. The zero-order chi connectivity index (χ0) is 11.3. The van der Waals surface area contributed by atoms with Crippen LogP contribution in [0.3, 0.4) is 0 Å². The first-order valence-electron chi connectivity index (χ1n) is 5.33. The Morgan fingerprint density at radius 1 is 1.38 bits per heavy atom. The highest BCUT2D eigenvalue weighted by molar-refractivity contribution is 5.95. The quantitative estimate of drug-likeness (QED) is 0.798. The minimum atomic E-state index is -0.0454. The van der Waals surface area contributed by atoms with Crippen molar-refractivity contribution in [3.05, 3.63) is 29.8 Å². The molecule has 1 aromatic rings. The third kappa shape index (κ3) is 4.11. The summed E-state index contributed by atoms with van der Waals surface area (Å²) in [6.45, 7) is 4.13. The second-order valence-corrected chi connectivity index (χ2v) is 3.61. The third-order valence-corrected chi connectivity index (χ3v) is 2.47. The molecular formula is C12H19ClN2O. The molecule has 3 nitrogen and oxygen atoms in total. The normalized spacial score (nSPS) is 9.69. The van der Waals surface area contributed by atoms with Crippen LogP contribution in [0.2, 0.25) is 0 Å². The summed E-state index contributed by atoms with van der Waals surface area (Å²) >= 11 is 0. The maximum Gasteiger partial charge on any atom is 0.251 e. The van der Waals surface area contributed by atoms with Crippen LogP contribution in [0.5, 0.6) is 0 Å². The standard InChI is InChI=1S/C12H18N2O.ClH/c1-3-11(4-2)14-12(15)9-6-5-7-10(13)8-9;/h5-8,11H,3-4,13H2,1-2H3,(H,14,15);1H. The summed E-state index contributed by atoms with van der Waals surface area (Å²) in [7, 11) is 0. The molecule has 0 aliphatic heterocycles. The van der Waals surface area contributed by atoms with Crippen LogP contribution < -0.4 is 11.1 Å². The van der Waals surface area contributed by atoms with Crippen molar-refractivity contribution < 1.29 is 4.79 Å². The van der Waals surface area contributed by atoms with Crippen molar-refractivity contribution in [2.45, 2.75) is 32.7 Å². The molecule has 1 aromatic carbocycles. The average Bonchev–Trinajstić information content (AvgIpc) is 2.25. The fourth-order valence-electron chi connectivity index (χ4n) is 1.44. The number of carbonyl (C=O) groups is 1. The smallest absolute Gasteiger partial charge is 0.251 e. The molecule has 0 aromatic heterocycles. The highest BCUT2D eigenvalue weighted by Gasteiger charge is 2.10. The molecule has 0 fully saturated rings. The van der Waals surface area contributed by atoms with Gasteiger partial charge in [0.15, 0.2) is 0 Å². The van der Waals surface area contributed by atoms with Gasteiger partial charge in [-0.1, -0.05) is 19.9 Å². The Balaban J connectivity index is 0.00000225. The van der Waals surface area contributed by atoms with Gasteiger partial charge >= 0.3 is 0 Å². The van der Waals surface area contributed by atoms with Crippen molar-refractivity contribution in [2.75, 3.05) is 5.73 Å². The predicted octanol–water partition coefficient (Wildman–Crippen LogP) is 2.61. The SMILES string of the molecule is CCC(CC)NC(=O)c1cccc(N)c1.Cl. The van der Waals surface area contributed by atoms with Crippen LogP contribution in [0.15, 0.2) is 24.3 Å². The van der Waals surface area contributed by atoms with Gasteiger partial charge in [0, 0.05) is 17.3 Å². The van der Waals surface area contributed by atoms with Crippen molar-refractivity contribution in [3.63, 3.8) is 0 Å².